The highest BCUT2D eigenvalue weighted by Gasteiger charge is 2.13. The van der Waals surface area contributed by atoms with Gasteiger partial charge in [0.2, 0.25) is 5.52 Å². The number of H-pyrrole nitrogens is 2. The Morgan fingerprint density at radius 3 is 1.74 bits per heavy atom. The number of rotatable bonds is 4. The second-order valence-corrected chi connectivity index (χ2v) is 7.94. The molecule has 4 aromatic rings. The van der Waals surface area contributed by atoms with Gasteiger partial charge in [0, 0.05) is 17.5 Å². The maximum atomic E-state index is 12.3. The zero-order valence-electron chi connectivity index (χ0n) is 17.5. The molecule has 35 heavy (non-hydrogen) atoms. The fraction of sp³-hybridized carbons (Fsp3) is 0.0500. The first-order valence-corrected chi connectivity index (χ1v) is 11.7. The standard InChI is InChI=1S/C20H15N3O2.2ClHO4/c24-18(23-16-9-1-5-14-7-3-11-21-19(14)16)13-25-17-10-2-6-15-8-4-12-22-20(15)17;2*2-1(3,4)5/h1-12H,13H2,(H,23,24);2*(H,2,3,4,5). The minimum Gasteiger partial charge on any atom is -0.477 e. The number of amides is 1. The number of hydrogen-bond acceptors (Lipinski definition) is 10. The van der Waals surface area contributed by atoms with Crippen molar-refractivity contribution in [3.05, 3.63) is 73.1 Å². The van der Waals surface area contributed by atoms with Crippen molar-refractivity contribution >= 4 is 33.4 Å². The Kier molecular flexibility index (Phi) is 10.00. The van der Waals surface area contributed by atoms with Crippen LogP contribution >= 0.6 is 0 Å². The van der Waals surface area contributed by atoms with E-state index in [0.717, 1.165) is 27.5 Å². The highest BCUT2D eigenvalue weighted by molar-refractivity contribution is 5.99. The van der Waals surface area contributed by atoms with Crippen molar-refractivity contribution in [1.29, 1.82) is 0 Å². The van der Waals surface area contributed by atoms with Crippen LogP contribution in [-0.2, 0) is 4.79 Å². The third kappa shape index (κ3) is 11.2. The first-order valence-electron chi connectivity index (χ1n) is 9.26. The number of nitrogens with one attached hydrogen (secondary N) is 3. The minimum atomic E-state index is -4.94. The van der Waals surface area contributed by atoms with E-state index in [1.165, 1.54) is 0 Å². The van der Waals surface area contributed by atoms with Crippen molar-refractivity contribution in [3.63, 3.8) is 0 Å². The molecule has 0 aliphatic heterocycles. The second-order valence-electron chi connectivity index (χ2n) is 6.42. The quantitative estimate of drug-likeness (QED) is 0.261. The first kappa shape index (κ1) is 28.0. The van der Waals surface area contributed by atoms with E-state index in [0.29, 0.717) is 5.75 Å². The van der Waals surface area contributed by atoms with Crippen LogP contribution in [0.1, 0.15) is 0 Å². The number of ether oxygens (including phenoxy) is 1. The van der Waals surface area contributed by atoms with Crippen molar-refractivity contribution < 1.29 is 77.3 Å². The highest BCUT2D eigenvalue weighted by Crippen LogP contribution is 2.21. The van der Waals surface area contributed by atoms with Gasteiger partial charge in [0.05, 0.1) is 5.39 Å². The van der Waals surface area contributed by atoms with Gasteiger partial charge in [-0.1, -0.05) is 12.1 Å². The van der Waals surface area contributed by atoms with Gasteiger partial charge >= 0.3 is 0 Å². The maximum Gasteiger partial charge on any atom is 0.262 e. The molecule has 0 bridgehead atoms. The Labute approximate surface area is 201 Å². The van der Waals surface area contributed by atoms with Crippen LogP contribution in [-0.4, -0.2) is 12.5 Å². The minimum absolute atomic E-state index is 0.0644. The number of aromatic nitrogens is 2. The summed E-state index contributed by atoms with van der Waals surface area (Å²) in [6.07, 6.45) is 3.67. The molecule has 2 aromatic heterocycles. The molecule has 2 heterocycles. The molecule has 3 N–H and O–H groups in total. The van der Waals surface area contributed by atoms with Gasteiger partial charge in [-0.2, -0.15) is 0 Å². The molecule has 2 aromatic carbocycles. The van der Waals surface area contributed by atoms with Crippen LogP contribution in [0.3, 0.4) is 0 Å². The monoisotopic (exact) mass is 529 g/mol. The molecule has 0 fully saturated rings. The third-order valence-corrected chi connectivity index (χ3v) is 3.99. The average Bonchev–Trinajstić information content (AvgIpc) is 2.76. The van der Waals surface area contributed by atoms with Gasteiger partial charge in [-0.3, -0.25) is 4.79 Å². The van der Waals surface area contributed by atoms with Crippen LogP contribution in [0.5, 0.6) is 5.75 Å². The van der Waals surface area contributed by atoms with Gasteiger partial charge in [-0.15, -0.1) is 20.5 Å². The van der Waals surface area contributed by atoms with E-state index in [9.17, 15) is 4.79 Å². The molecule has 15 heteroatoms. The number of fused-ring (bicyclic) bond motifs is 2. The van der Waals surface area contributed by atoms with E-state index in [1.807, 2.05) is 73.1 Å². The molecule has 186 valence electrons. The smallest absolute Gasteiger partial charge is 0.262 e. The molecule has 0 saturated heterocycles. The number of anilines is 1. The summed E-state index contributed by atoms with van der Waals surface area (Å²) >= 11 is 0. The summed E-state index contributed by atoms with van der Waals surface area (Å²) in [6, 6.07) is 19.3. The Morgan fingerprint density at radius 2 is 1.17 bits per heavy atom. The lowest BCUT2D eigenvalue weighted by Crippen LogP contribution is -2.68. The molecule has 0 radical (unpaired) electrons. The number of halogens is 2. The SMILES string of the molecule is O=C(COc1cccc2ccc[nH+]c12)Nc1cccc2ccc[nH+]c12.[O-][Cl+3]([O-])([O-])[O-].[O-][Cl+3]([O-])([O-])[O-]. The average molecular weight is 530 g/mol. The van der Waals surface area contributed by atoms with Crippen LogP contribution in [0, 0.1) is 20.5 Å². The third-order valence-electron chi connectivity index (χ3n) is 3.99. The van der Waals surface area contributed by atoms with Crippen molar-refractivity contribution in [2.24, 2.45) is 0 Å². The van der Waals surface area contributed by atoms with Crippen LogP contribution in [0.15, 0.2) is 73.1 Å². The Balaban J connectivity index is 0.000000368. The topological polar surface area (TPSA) is 251 Å². The van der Waals surface area contributed by atoms with Crippen LogP contribution in [0.2, 0.25) is 0 Å². The van der Waals surface area contributed by atoms with E-state index in [-0.39, 0.29) is 12.5 Å². The summed E-state index contributed by atoms with van der Waals surface area (Å²) in [4.78, 5) is 18.6. The predicted molar refractivity (Wildman–Crippen MR) is 95.1 cm³/mol. The lowest BCUT2D eigenvalue weighted by atomic mass is 10.2. The summed E-state index contributed by atoms with van der Waals surface area (Å²) in [5, 5.41) is 4.96. The van der Waals surface area contributed by atoms with Gasteiger partial charge in [-0.05, 0) is 36.4 Å². The molecular formula is C20H17Cl2N3O10. The Bertz CT molecular complexity index is 1230. The van der Waals surface area contributed by atoms with Crippen LogP contribution < -0.4 is 57.3 Å². The normalized spacial score (nSPS) is 11.1. The summed E-state index contributed by atoms with van der Waals surface area (Å²) in [5.41, 5.74) is 2.49. The lowest BCUT2D eigenvalue weighted by Gasteiger charge is -2.17. The largest absolute Gasteiger partial charge is 0.477 e. The van der Waals surface area contributed by atoms with Gasteiger partial charge in [0.25, 0.3) is 11.4 Å². The molecule has 0 aliphatic rings. The second kappa shape index (κ2) is 12.5. The predicted octanol–water partition coefficient (Wildman–Crippen LogP) is -6.87. The molecule has 0 spiro atoms. The van der Waals surface area contributed by atoms with Gasteiger partial charge < -0.3 is 10.1 Å². The number of carbonyl (C=O) groups excluding carboxylic acids is 1. The van der Waals surface area contributed by atoms with Gasteiger partial charge in [-0.25, -0.2) is 47.2 Å². The van der Waals surface area contributed by atoms with Crippen LogP contribution in [0.4, 0.5) is 5.69 Å². The zero-order chi connectivity index (χ0) is 26.1. The van der Waals surface area contributed by atoms with Crippen molar-refractivity contribution in [2.75, 3.05) is 11.9 Å². The first-order chi connectivity index (χ1) is 16.3. The fourth-order valence-electron chi connectivity index (χ4n) is 2.83. The summed E-state index contributed by atoms with van der Waals surface area (Å²) in [7, 11) is -9.89. The molecule has 0 unspecified atom stereocenters. The van der Waals surface area contributed by atoms with Crippen molar-refractivity contribution in [2.45, 2.75) is 0 Å². The van der Waals surface area contributed by atoms with E-state index >= 15 is 0 Å². The number of para-hydroxylation sites is 2. The van der Waals surface area contributed by atoms with Crippen molar-refractivity contribution in [1.82, 2.24) is 0 Å². The number of aromatic amines is 2. The fourth-order valence-corrected chi connectivity index (χ4v) is 2.83. The molecular weight excluding hydrogens is 513 g/mol. The summed E-state index contributed by atoms with van der Waals surface area (Å²) in [5.74, 6) is 0.440. The number of benzene rings is 2. The van der Waals surface area contributed by atoms with Crippen LogP contribution in [0.25, 0.3) is 21.8 Å². The molecule has 4 rings (SSSR count). The van der Waals surface area contributed by atoms with E-state index < -0.39 is 20.5 Å². The highest BCUT2D eigenvalue weighted by atomic mass is 35.7. The molecule has 0 atom stereocenters. The molecule has 0 aliphatic carbocycles. The Hall–Kier alpha value is -3.21. The summed E-state index contributed by atoms with van der Waals surface area (Å²) < 4.78 is 73.7. The zero-order valence-corrected chi connectivity index (χ0v) is 19.0. The molecule has 0 saturated carbocycles. The number of carbonyl (C=O) groups is 1. The van der Waals surface area contributed by atoms with E-state index in [2.05, 4.69) is 15.3 Å². The number of hydrogen-bond donors (Lipinski definition) is 1. The molecule has 13 nitrogen and oxygen atoms in total. The van der Waals surface area contributed by atoms with Crippen molar-refractivity contribution in [3.8, 4) is 5.75 Å². The number of pyridine rings is 2. The Morgan fingerprint density at radius 1 is 0.714 bits per heavy atom. The van der Waals surface area contributed by atoms with E-state index in [1.54, 1.807) is 0 Å². The van der Waals surface area contributed by atoms with Gasteiger partial charge in [0.1, 0.15) is 5.69 Å². The maximum absolute atomic E-state index is 12.3. The summed E-state index contributed by atoms with van der Waals surface area (Å²) in [6.45, 7) is -0.0644. The van der Waals surface area contributed by atoms with E-state index in [4.69, 9.17) is 42.0 Å². The van der Waals surface area contributed by atoms with Gasteiger partial charge in [0.15, 0.2) is 24.8 Å². The molecule has 1 amide bonds. The lowest BCUT2D eigenvalue weighted by molar-refractivity contribution is -2.00.